The van der Waals surface area contributed by atoms with Crippen LogP contribution in [0.1, 0.15) is 33.6 Å². The number of halogens is 1. The molecule has 0 bridgehead atoms. The van der Waals surface area contributed by atoms with Crippen molar-refractivity contribution >= 4 is 34.1 Å². The fourth-order valence-corrected chi connectivity index (χ4v) is 2.46. The SMILES string of the molecule is CC(C)(C)OC(=O)NCC1(CN(C=O)c2ccc(Br)nc2)CC1. The Labute approximate surface area is 144 Å². The van der Waals surface area contributed by atoms with E-state index < -0.39 is 11.7 Å². The lowest BCUT2D eigenvalue weighted by Gasteiger charge is -2.25. The lowest BCUT2D eigenvalue weighted by atomic mass is 10.1. The van der Waals surface area contributed by atoms with Crippen LogP contribution in [0.5, 0.6) is 0 Å². The summed E-state index contributed by atoms with van der Waals surface area (Å²) in [5, 5.41) is 2.81. The van der Waals surface area contributed by atoms with Gasteiger partial charge >= 0.3 is 6.09 Å². The van der Waals surface area contributed by atoms with Crippen molar-refractivity contribution in [3.05, 3.63) is 22.9 Å². The van der Waals surface area contributed by atoms with Crippen LogP contribution in [0.25, 0.3) is 0 Å². The van der Waals surface area contributed by atoms with Crippen LogP contribution in [-0.4, -0.2) is 36.2 Å². The number of ether oxygens (including phenoxy) is 1. The van der Waals surface area contributed by atoms with Gasteiger partial charge in [-0.25, -0.2) is 9.78 Å². The molecule has 6 nitrogen and oxygen atoms in total. The summed E-state index contributed by atoms with van der Waals surface area (Å²) in [6.07, 6.45) is 3.97. The maximum atomic E-state index is 11.8. The number of anilines is 1. The third kappa shape index (κ3) is 5.49. The quantitative estimate of drug-likeness (QED) is 0.604. The highest BCUT2D eigenvalue weighted by Crippen LogP contribution is 2.46. The standard InChI is InChI=1S/C16H22BrN3O3/c1-15(2,3)23-14(22)19-9-16(6-7-16)10-20(11-21)12-4-5-13(17)18-8-12/h4-5,8,11H,6-7,9-10H2,1-3H3,(H,19,22). The Morgan fingerprint density at radius 1 is 1.48 bits per heavy atom. The Morgan fingerprint density at radius 2 is 2.17 bits per heavy atom. The maximum Gasteiger partial charge on any atom is 0.407 e. The third-order valence-electron chi connectivity index (χ3n) is 3.64. The molecule has 2 rings (SSSR count). The lowest BCUT2D eigenvalue weighted by Crippen LogP contribution is -2.40. The van der Waals surface area contributed by atoms with Gasteiger partial charge in [-0.1, -0.05) is 0 Å². The van der Waals surface area contributed by atoms with Gasteiger partial charge in [-0.2, -0.15) is 0 Å². The molecule has 7 heteroatoms. The fraction of sp³-hybridized carbons (Fsp3) is 0.562. The number of nitrogens with one attached hydrogen (secondary N) is 1. The topological polar surface area (TPSA) is 71.5 Å². The maximum absolute atomic E-state index is 11.8. The van der Waals surface area contributed by atoms with Crippen molar-refractivity contribution in [1.29, 1.82) is 0 Å². The first-order chi connectivity index (χ1) is 10.7. The van der Waals surface area contributed by atoms with Crippen molar-refractivity contribution in [1.82, 2.24) is 10.3 Å². The Kier molecular flexibility index (Phi) is 5.29. The van der Waals surface area contributed by atoms with Crippen molar-refractivity contribution in [2.24, 2.45) is 5.41 Å². The number of nitrogens with zero attached hydrogens (tertiary/aromatic N) is 2. The van der Waals surface area contributed by atoms with Crippen LogP contribution < -0.4 is 10.2 Å². The molecule has 1 saturated carbocycles. The molecule has 0 atom stereocenters. The molecule has 0 spiro atoms. The minimum atomic E-state index is -0.515. The molecule has 2 amide bonds. The highest BCUT2D eigenvalue weighted by molar-refractivity contribution is 9.10. The van der Waals surface area contributed by atoms with E-state index in [2.05, 4.69) is 26.2 Å². The van der Waals surface area contributed by atoms with Crippen LogP contribution in [-0.2, 0) is 9.53 Å². The summed E-state index contributed by atoms with van der Waals surface area (Å²) in [6.45, 7) is 6.53. The minimum Gasteiger partial charge on any atom is -0.444 e. The zero-order valence-electron chi connectivity index (χ0n) is 13.6. The smallest absolute Gasteiger partial charge is 0.407 e. The Hall–Kier alpha value is -1.63. The fourth-order valence-electron chi connectivity index (χ4n) is 2.23. The van der Waals surface area contributed by atoms with Gasteiger partial charge in [0.05, 0.1) is 11.9 Å². The Bertz CT molecular complexity index is 565. The summed E-state index contributed by atoms with van der Waals surface area (Å²) >= 11 is 3.28. The molecule has 23 heavy (non-hydrogen) atoms. The molecule has 0 aromatic carbocycles. The zero-order valence-corrected chi connectivity index (χ0v) is 15.2. The average Bonchev–Trinajstić information content (AvgIpc) is 3.22. The van der Waals surface area contributed by atoms with E-state index in [1.54, 1.807) is 17.2 Å². The van der Waals surface area contributed by atoms with E-state index in [0.29, 0.717) is 13.1 Å². The van der Waals surface area contributed by atoms with Crippen LogP contribution in [0, 0.1) is 5.41 Å². The van der Waals surface area contributed by atoms with Gasteiger partial charge in [0.2, 0.25) is 6.41 Å². The van der Waals surface area contributed by atoms with Crippen molar-refractivity contribution in [2.75, 3.05) is 18.0 Å². The van der Waals surface area contributed by atoms with E-state index in [1.807, 2.05) is 26.8 Å². The average molecular weight is 384 g/mol. The molecule has 0 saturated heterocycles. The molecular formula is C16H22BrN3O3. The number of hydrogen-bond acceptors (Lipinski definition) is 4. The normalized spacial score (nSPS) is 15.7. The number of hydrogen-bond donors (Lipinski definition) is 1. The monoisotopic (exact) mass is 383 g/mol. The van der Waals surface area contributed by atoms with Crippen LogP contribution in [0.2, 0.25) is 0 Å². The number of carbonyl (C=O) groups excluding carboxylic acids is 2. The van der Waals surface area contributed by atoms with Gasteiger partial charge in [0.1, 0.15) is 10.2 Å². The zero-order chi connectivity index (χ0) is 17.1. The minimum absolute atomic E-state index is 0.0785. The number of amides is 2. The Morgan fingerprint density at radius 3 is 2.65 bits per heavy atom. The van der Waals surface area contributed by atoms with Gasteiger partial charge in [0, 0.05) is 18.5 Å². The molecule has 1 fully saturated rings. The summed E-state index contributed by atoms with van der Waals surface area (Å²) < 4.78 is 5.96. The number of alkyl carbamates (subject to hydrolysis) is 1. The molecule has 0 unspecified atom stereocenters. The van der Waals surface area contributed by atoms with Crippen LogP contribution in [0.15, 0.2) is 22.9 Å². The van der Waals surface area contributed by atoms with Crippen molar-refractivity contribution in [3.8, 4) is 0 Å². The van der Waals surface area contributed by atoms with Gasteiger partial charge in [0.15, 0.2) is 0 Å². The van der Waals surface area contributed by atoms with Crippen molar-refractivity contribution < 1.29 is 14.3 Å². The molecule has 1 N–H and O–H groups in total. The first-order valence-corrected chi connectivity index (χ1v) is 8.33. The van der Waals surface area contributed by atoms with Crippen LogP contribution in [0.3, 0.4) is 0 Å². The van der Waals surface area contributed by atoms with Gasteiger partial charge < -0.3 is 15.0 Å². The van der Waals surface area contributed by atoms with Crippen LogP contribution >= 0.6 is 15.9 Å². The molecule has 1 aromatic heterocycles. The highest BCUT2D eigenvalue weighted by atomic mass is 79.9. The van der Waals surface area contributed by atoms with Crippen LogP contribution in [0.4, 0.5) is 10.5 Å². The molecule has 126 valence electrons. The van der Waals surface area contributed by atoms with Crippen molar-refractivity contribution in [3.63, 3.8) is 0 Å². The van der Waals surface area contributed by atoms with E-state index in [9.17, 15) is 9.59 Å². The Balaban J connectivity index is 1.91. The first-order valence-electron chi connectivity index (χ1n) is 7.53. The molecule has 1 aromatic rings. The molecular weight excluding hydrogens is 362 g/mol. The second-order valence-corrected chi connectivity index (χ2v) is 7.74. The largest absolute Gasteiger partial charge is 0.444 e. The highest BCUT2D eigenvalue weighted by Gasteiger charge is 2.44. The van der Waals surface area contributed by atoms with Crippen molar-refractivity contribution in [2.45, 2.75) is 39.2 Å². The second kappa shape index (κ2) is 6.86. The molecule has 1 heterocycles. The number of rotatable bonds is 6. The van der Waals surface area contributed by atoms with E-state index in [4.69, 9.17) is 4.74 Å². The van der Waals surface area contributed by atoms with E-state index in [0.717, 1.165) is 29.5 Å². The predicted molar refractivity (Wildman–Crippen MR) is 91.3 cm³/mol. The number of pyridine rings is 1. The summed E-state index contributed by atoms with van der Waals surface area (Å²) in [5.41, 5.74) is 0.149. The van der Waals surface area contributed by atoms with Gasteiger partial charge in [-0.3, -0.25) is 4.79 Å². The predicted octanol–water partition coefficient (Wildman–Crippen LogP) is 3.11. The first kappa shape index (κ1) is 17.7. The molecule has 0 radical (unpaired) electrons. The molecule has 1 aliphatic rings. The van der Waals surface area contributed by atoms with E-state index in [-0.39, 0.29) is 5.41 Å². The number of carbonyl (C=O) groups is 2. The summed E-state index contributed by atoms with van der Waals surface area (Å²) in [5.74, 6) is 0. The summed E-state index contributed by atoms with van der Waals surface area (Å²) in [6, 6.07) is 3.63. The van der Waals surface area contributed by atoms with Gasteiger partial charge in [0.25, 0.3) is 0 Å². The van der Waals surface area contributed by atoms with E-state index in [1.165, 1.54) is 0 Å². The molecule has 1 aliphatic carbocycles. The third-order valence-corrected chi connectivity index (χ3v) is 4.11. The van der Waals surface area contributed by atoms with E-state index >= 15 is 0 Å². The second-order valence-electron chi connectivity index (χ2n) is 6.93. The van der Waals surface area contributed by atoms with Gasteiger partial charge in [-0.05, 0) is 61.7 Å². The molecule has 0 aliphatic heterocycles. The number of aromatic nitrogens is 1. The summed E-state index contributed by atoms with van der Waals surface area (Å²) in [4.78, 5) is 28.9. The summed E-state index contributed by atoms with van der Waals surface area (Å²) in [7, 11) is 0. The lowest BCUT2D eigenvalue weighted by molar-refractivity contribution is -0.107. The van der Waals surface area contributed by atoms with Gasteiger partial charge in [-0.15, -0.1) is 0 Å².